The van der Waals surface area contributed by atoms with Crippen LogP contribution in [0.25, 0.3) is 0 Å². The number of aromatic nitrogens is 1. The molecule has 0 amide bonds. The summed E-state index contributed by atoms with van der Waals surface area (Å²) < 4.78 is 12.7. The number of aryl methyl sites for hydroxylation is 1. The van der Waals surface area contributed by atoms with Crippen molar-refractivity contribution >= 4 is 33.5 Å². The number of halogens is 1. The van der Waals surface area contributed by atoms with E-state index < -0.39 is 0 Å². The van der Waals surface area contributed by atoms with Crippen LogP contribution in [0.4, 0.5) is 5.82 Å². The molecule has 2 aliphatic heterocycles. The van der Waals surface area contributed by atoms with Crippen molar-refractivity contribution in [3.63, 3.8) is 0 Å². The first kappa shape index (κ1) is 21.6. The van der Waals surface area contributed by atoms with Crippen molar-refractivity contribution in [3.05, 3.63) is 51.0 Å². The van der Waals surface area contributed by atoms with Crippen LogP contribution in [0, 0.1) is 11.3 Å². The number of ether oxygens (including phenoxy) is 2. The van der Waals surface area contributed by atoms with E-state index in [0.29, 0.717) is 19.8 Å². The lowest BCUT2D eigenvalue weighted by Crippen LogP contribution is -2.39. The molecule has 5 nitrogen and oxygen atoms in total. The zero-order chi connectivity index (χ0) is 21.1. The maximum absolute atomic E-state index is 10.0. The largest absolute Gasteiger partial charge is 0.378 e. The molecule has 0 N–H and O–H groups in total. The van der Waals surface area contributed by atoms with Crippen LogP contribution >= 0.6 is 27.7 Å². The van der Waals surface area contributed by atoms with Gasteiger partial charge in [0.25, 0.3) is 0 Å². The van der Waals surface area contributed by atoms with Crippen LogP contribution in [0.3, 0.4) is 0 Å². The summed E-state index contributed by atoms with van der Waals surface area (Å²) in [5.41, 5.74) is 3.90. The van der Waals surface area contributed by atoms with Crippen molar-refractivity contribution in [3.8, 4) is 6.07 Å². The first-order valence-corrected chi connectivity index (χ1v) is 12.0. The van der Waals surface area contributed by atoms with E-state index in [1.54, 1.807) is 11.8 Å². The van der Waals surface area contributed by atoms with E-state index in [9.17, 15) is 5.26 Å². The molecule has 0 saturated carbocycles. The number of pyridine rings is 1. The number of fused-ring (bicyclic) bond motifs is 1. The number of hydrogen-bond donors (Lipinski definition) is 0. The van der Waals surface area contributed by atoms with Crippen molar-refractivity contribution in [2.75, 3.05) is 37.0 Å². The van der Waals surface area contributed by atoms with E-state index in [-0.39, 0.29) is 5.60 Å². The van der Waals surface area contributed by atoms with Crippen LogP contribution < -0.4 is 4.90 Å². The van der Waals surface area contributed by atoms with Gasteiger partial charge in [-0.2, -0.15) is 5.26 Å². The van der Waals surface area contributed by atoms with Crippen molar-refractivity contribution in [2.45, 2.75) is 43.9 Å². The summed E-state index contributed by atoms with van der Waals surface area (Å²) in [6, 6.07) is 10.8. The number of hydrogen-bond acceptors (Lipinski definition) is 6. The number of nitriles is 1. The summed E-state index contributed by atoms with van der Waals surface area (Å²) in [6.07, 6.45) is 1.65. The molecule has 1 aromatic heterocycles. The van der Waals surface area contributed by atoms with E-state index >= 15 is 0 Å². The minimum atomic E-state index is -0.277. The van der Waals surface area contributed by atoms with Crippen LogP contribution in [0.1, 0.15) is 36.1 Å². The highest BCUT2D eigenvalue weighted by molar-refractivity contribution is 9.10. The average Bonchev–Trinajstić information content (AvgIpc) is 2.73. The molecule has 2 aliphatic rings. The molecule has 7 heteroatoms. The molecule has 3 heterocycles. The Morgan fingerprint density at radius 3 is 2.80 bits per heavy atom. The molecule has 4 rings (SSSR count). The third kappa shape index (κ3) is 4.83. The highest BCUT2D eigenvalue weighted by Crippen LogP contribution is 2.38. The van der Waals surface area contributed by atoms with Gasteiger partial charge < -0.3 is 14.4 Å². The number of nitrogens with zero attached hydrogens (tertiary/aromatic N) is 3. The first-order chi connectivity index (χ1) is 14.5. The Bertz CT molecular complexity index is 968. The fraction of sp³-hybridized carbons (Fsp3) is 0.478. The number of morpholine rings is 1. The highest BCUT2D eigenvalue weighted by atomic mass is 79.9. The molecule has 1 fully saturated rings. The Hall–Kier alpha value is -1.59. The Morgan fingerprint density at radius 2 is 2.07 bits per heavy atom. The lowest BCUT2D eigenvalue weighted by atomic mass is 9.89. The van der Waals surface area contributed by atoms with Gasteiger partial charge in [-0.15, -0.1) is 11.8 Å². The number of benzene rings is 1. The Kier molecular flexibility index (Phi) is 6.69. The Labute approximate surface area is 190 Å². The van der Waals surface area contributed by atoms with Gasteiger partial charge in [0.05, 0.1) is 31.0 Å². The van der Waals surface area contributed by atoms with Gasteiger partial charge >= 0.3 is 0 Å². The van der Waals surface area contributed by atoms with E-state index in [1.165, 1.54) is 5.56 Å². The summed E-state index contributed by atoms with van der Waals surface area (Å²) in [4.78, 5) is 7.28. The van der Waals surface area contributed by atoms with E-state index in [4.69, 9.17) is 14.5 Å². The third-order valence-electron chi connectivity index (χ3n) is 5.51. The van der Waals surface area contributed by atoms with Crippen LogP contribution in [0.15, 0.2) is 33.8 Å². The third-order valence-corrected chi connectivity index (χ3v) is 6.98. The van der Waals surface area contributed by atoms with Gasteiger partial charge in [-0.25, -0.2) is 4.98 Å². The SMILES string of the molecule is CC1(C)Cc2c(C#N)c(SCCc3cccc(Br)c3)nc(N3CCOCC3)c2CO1. The van der Waals surface area contributed by atoms with Gasteiger partial charge in [0.1, 0.15) is 16.9 Å². The molecule has 2 aromatic rings. The van der Waals surface area contributed by atoms with E-state index in [0.717, 1.165) is 63.7 Å². The van der Waals surface area contributed by atoms with Crippen LogP contribution in [-0.4, -0.2) is 42.6 Å². The summed E-state index contributed by atoms with van der Waals surface area (Å²) in [5, 5.41) is 10.9. The second kappa shape index (κ2) is 9.27. The van der Waals surface area contributed by atoms with Crippen molar-refractivity contribution < 1.29 is 9.47 Å². The number of anilines is 1. The van der Waals surface area contributed by atoms with Gasteiger partial charge in [0, 0.05) is 35.3 Å². The first-order valence-electron chi connectivity index (χ1n) is 10.3. The summed E-state index contributed by atoms with van der Waals surface area (Å²) in [5.74, 6) is 1.84. The molecule has 0 atom stereocenters. The predicted molar refractivity (Wildman–Crippen MR) is 123 cm³/mol. The van der Waals surface area contributed by atoms with Crippen molar-refractivity contribution in [1.82, 2.24) is 4.98 Å². The number of thioether (sulfide) groups is 1. The van der Waals surface area contributed by atoms with Crippen molar-refractivity contribution in [2.24, 2.45) is 0 Å². The zero-order valence-electron chi connectivity index (χ0n) is 17.4. The Morgan fingerprint density at radius 1 is 1.27 bits per heavy atom. The smallest absolute Gasteiger partial charge is 0.135 e. The summed E-state index contributed by atoms with van der Waals surface area (Å²) in [6.45, 7) is 7.72. The molecule has 0 spiro atoms. The predicted octanol–water partition coefficient (Wildman–Crippen LogP) is 4.74. The Balaban J connectivity index is 1.65. The quantitative estimate of drug-likeness (QED) is 0.567. The van der Waals surface area contributed by atoms with Crippen molar-refractivity contribution in [1.29, 1.82) is 5.26 Å². The molecular weight excluding hydrogens is 462 g/mol. The van der Waals surface area contributed by atoms with Gasteiger partial charge in [-0.3, -0.25) is 0 Å². The molecule has 1 saturated heterocycles. The second-order valence-corrected chi connectivity index (χ2v) is 10.2. The van der Waals surface area contributed by atoms with E-state index in [2.05, 4.69) is 58.9 Å². The molecule has 0 aliphatic carbocycles. The average molecular weight is 488 g/mol. The topological polar surface area (TPSA) is 58.4 Å². The van der Waals surface area contributed by atoms with Crippen LogP contribution in [-0.2, 0) is 28.9 Å². The fourth-order valence-corrected chi connectivity index (χ4v) is 5.38. The minimum Gasteiger partial charge on any atom is -0.378 e. The van der Waals surface area contributed by atoms with E-state index in [1.807, 2.05) is 6.07 Å². The summed E-state index contributed by atoms with van der Waals surface area (Å²) in [7, 11) is 0. The lowest BCUT2D eigenvalue weighted by Gasteiger charge is -2.36. The molecule has 0 radical (unpaired) electrons. The van der Waals surface area contributed by atoms with Gasteiger partial charge in [0.15, 0.2) is 0 Å². The molecular formula is C23H26BrN3O2S. The zero-order valence-corrected chi connectivity index (χ0v) is 19.8. The second-order valence-electron chi connectivity index (χ2n) is 8.24. The van der Waals surface area contributed by atoms with Crippen LogP contribution in [0.2, 0.25) is 0 Å². The number of rotatable bonds is 5. The standard InChI is InChI=1S/C23H26BrN3O2S/c1-23(2)13-18-19(14-25)22(30-11-6-16-4-3-5-17(24)12-16)26-21(20(18)15-29-23)27-7-9-28-10-8-27/h3-5,12H,6-11,13,15H2,1-2H3. The minimum absolute atomic E-state index is 0.277. The molecule has 1 aromatic carbocycles. The van der Waals surface area contributed by atoms with Gasteiger partial charge in [0.2, 0.25) is 0 Å². The maximum Gasteiger partial charge on any atom is 0.135 e. The molecule has 0 unspecified atom stereocenters. The highest BCUT2D eigenvalue weighted by Gasteiger charge is 2.33. The van der Waals surface area contributed by atoms with Crippen LogP contribution in [0.5, 0.6) is 0 Å². The van der Waals surface area contributed by atoms with Gasteiger partial charge in [-0.05, 0) is 43.5 Å². The molecule has 0 bridgehead atoms. The normalized spacial score (nSPS) is 18.0. The van der Waals surface area contributed by atoms with Gasteiger partial charge in [-0.1, -0.05) is 28.1 Å². The molecule has 30 heavy (non-hydrogen) atoms. The fourth-order valence-electron chi connectivity index (χ4n) is 3.94. The monoisotopic (exact) mass is 487 g/mol. The summed E-state index contributed by atoms with van der Waals surface area (Å²) >= 11 is 5.21. The molecule has 158 valence electrons. The lowest BCUT2D eigenvalue weighted by molar-refractivity contribution is -0.0402. The maximum atomic E-state index is 10.0.